The van der Waals surface area contributed by atoms with E-state index in [-0.39, 0.29) is 11.8 Å². The molecule has 1 aromatic carbocycles. The van der Waals surface area contributed by atoms with Crippen molar-refractivity contribution in [2.75, 3.05) is 12.4 Å². The molecule has 0 saturated heterocycles. The smallest absolute Gasteiger partial charge is 0.231 e. The average Bonchev–Trinajstić information content (AvgIpc) is 3.16. The summed E-state index contributed by atoms with van der Waals surface area (Å²) < 4.78 is 5.33. The Kier molecular flexibility index (Phi) is 4.40. The number of anilines is 1. The number of thiazole rings is 1. The molecule has 1 saturated carbocycles. The molecule has 1 aliphatic carbocycles. The molecule has 6 heteroatoms. The fourth-order valence-corrected chi connectivity index (χ4v) is 3.47. The van der Waals surface area contributed by atoms with E-state index >= 15 is 0 Å². The van der Waals surface area contributed by atoms with Crippen LogP contribution in [-0.4, -0.2) is 29.2 Å². The van der Waals surface area contributed by atoms with E-state index in [1.54, 1.807) is 7.11 Å². The van der Waals surface area contributed by atoms with Gasteiger partial charge in [-0.1, -0.05) is 12.1 Å². The first-order chi connectivity index (χ1) is 10.7. The number of nitrogens with zero attached hydrogens (tertiary/aromatic N) is 1. The highest BCUT2D eigenvalue weighted by Gasteiger charge is 2.31. The van der Waals surface area contributed by atoms with Crippen molar-refractivity contribution in [2.45, 2.75) is 25.4 Å². The maximum Gasteiger partial charge on any atom is 0.231 e. The number of para-hydroxylation sites is 1. The molecule has 1 fully saturated rings. The molecule has 1 aromatic heterocycles. The molecular formula is C16H18N2O3S. The van der Waals surface area contributed by atoms with Crippen molar-refractivity contribution in [3.05, 3.63) is 29.6 Å². The second kappa shape index (κ2) is 6.46. The maximum absolute atomic E-state index is 12.2. The first kappa shape index (κ1) is 15.0. The standard InChI is InChI=1S/C16H18N2O3S/c1-21-14-8-3-2-5-10(14)12-9-22-16(17-12)18-15(20)11-6-4-7-13(11)19/h2-3,5,8-9,11,13,19H,4,6-7H2,1H3,(H,17,18,20). The second-order valence-electron chi connectivity index (χ2n) is 5.33. The maximum atomic E-state index is 12.2. The highest BCUT2D eigenvalue weighted by Crippen LogP contribution is 2.32. The lowest BCUT2D eigenvalue weighted by molar-refractivity contribution is -0.122. The van der Waals surface area contributed by atoms with E-state index in [1.807, 2.05) is 29.6 Å². The van der Waals surface area contributed by atoms with Gasteiger partial charge in [0.25, 0.3) is 0 Å². The van der Waals surface area contributed by atoms with Crippen LogP contribution in [0.3, 0.4) is 0 Å². The molecule has 1 amide bonds. The summed E-state index contributed by atoms with van der Waals surface area (Å²) in [5.41, 5.74) is 1.66. The summed E-state index contributed by atoms with van der Waals surface area (Å²) >= 11 is 1.37. The van der Waals surface area contributed by atoms with E-state index in [2.05, 4.69) is 10.3 Å². The molecule has 1 heterocycles. The molecular weight excluding hydrogens is 300 g/mol. The molecule has 0 radical (unpaired) electrons. The number of aliphatic hydroxyl groups excluding tert-OH is 1. The Morgan fingerprint density at radius 2 is 2.23 bits per heavy atom. The van der Waals surface area contributed by atoms with Crippen LogP contribution in [0.4, 0.5) is 5.13 Å². The summed E-state index contributed by atoms with van der Waals surface area (Å²) in [6.07, 6.45) is 1.79. The number of hydrogen-bond acceptors (Lipinski definition) is 5. The highest BCUT2D eigenvalue weighted by atomic mass is 32.1. The van der Waals surface area contributed by atoms with Gasteiger partial charge in [-0.2, -0.15) is 0 Å². The Hall–Kier alpha value is -1.92. The molecule has 2 N–H and O–H groups in total. The van der Waals surface area contributed by atoms with Crippen molar-refractivity contribution >= 4 is 22.4 Å². The van der Waals surface area contributed by atoms with Crippen molar-refractivity contribution in [1.82, 2.24) is 4.98 Å². The Morgan fingerprint density at radius 3 is 2.95 bits per heavy atom. The minimum atomic E-state index is -0.534. The number of carbonyl (C=O) groups excluding carboxylic acids is 1. The van der Waals surface area contributed by atoms with Crippen LogP contribution >= 0.6 is 11.3 Å². The van der Waals surface area contributed by atoms with Gasteiger partial charge in [0.15, 0.2) is 5.13 Å². The number of ether oxygens (including phenoxy) is 1. The first-order valence-corrected chi connectivity index (χ1v) is 8.15. The van der Waals surface area contributed by atoms with Gasteiger partial charge < -0.3 is 15.2 Å². The zero-order valence-electron chi connectivity index (χ0n) is 12.3. The van der Waals surface area contributed by atoms with E-state index in [9.17, 15) is 9.90 Å². The van der Waals surface area contributed by atoms with Gasteiger partial charge in [0.2, 0.25) is 5.91 Å². The van der Waals surface area contributed by atoms with Gasteiger partial charge in [-0.05, 0) is 31.4 Å². The van der Waals surface area contributed by atoms with Crippen LogP contribution in [-0.2, 0) is 4.79 Å². The van der Waals surface area contributed by atoms with Crippen molar-refractivity contribution in [2.24, 2.45) is 5.92 Å². The summed E-state index contributed by atoms with van der Waals surface area (Å²) in [7, 11) is 1.62. The van der Waals surface area contributed by atoms with Crippen LogP contribution in [0.1, 0.15) is 19.3 Å². The number of aliphatic hydroxyl groups is 1. The lowest BCUT2D eigenvalue weighted by Crippen LogP contribution is -2.28. The summed E-state index contributed by atoms with van der Waals surface area (Å²) in [6, 6.07) is 7.63. The van der Waals surface area contributed by atoms with Gasteiger partial charge in [-0.25, -0.2) is 4.98 Å². The van der Waals surface area contributed by atoms with Crippen LogP contribution in [0.25, 0.3) is 11.3 Å². The lowest BCUT2D eigenvalue weighted by atomic mass is 10.1. The van der Waals surface area contributed by atoms with Crippen LogP contribution in [0, 0.1) is 5.92 Å². The largest absolute Gasteiger partial charge is 0.496 e. The third kappa shape index (κ3) is 2.98. The van der Waals surface area contributed by atoms with Crippen molar-refractivity contribution in [3.63, 3.8) is 0 Å². The minimum Gasteiger partial charge on any atom is -0.496 e. The molecule has 2 aromatic rings. The lowest BCUT2D eigenvalue weighted by Gasteiger charge is -2.12. The van der Waals surface area contributed by atoms with Gasteiger partial charge in [-0.15, -0.1) is 11.3 Å². The Labute approximate surface area is 133 Å². The zero-order valence-corrected chi connectivity index (χ0v) is 13.1. The Morgan fingerprint density at radius 1 is 1.41 bits per heavy atom. The monoisotopic (exact) mass is 318 g/mol. The zero-order chi connectivity index (χ0) is 15.5. The predicted octanol–water partition coefficient (Wildman–Crippen LogP) is 2.92. The Balaban J connectivity index is 1.75. The van der Waals surface area contributed by atoms with Crippen LogP contribution in [0.5, 0.6) is 5.75 Å². The molecule has 1 aliphatic rings. The average molecular weight is 318 g/mol. The molecule has 0 bridgehead atoms. The topological polar surface area (TPSA) is 71.5 Å². The summed E-state index contributed by atoms with van der Waals surface area (Å²) in [5.74, 6) is 0.279. The van der Waals surface area contributed by atoms with Gasteiger partial charge >= 0.3 is 0 Å². The SMILES string of the molecule is COc1ccccc1-c1csc(NC(=O)C2CCCC2O)n1. The van der Waals surface area contributed by atoms with Crippen LogP contribution in [0.2, 0.25) is 0 Å². The van der Waals surface area contributed by atoms with E-state index in [4.69, 9.17) is 4.74 Å². The summed E-state index contributed by atoms with van der Waals surface area (Å²) in [6.45, 7) is 0. The quantitative estimate of drug-likeness (QED) is 0.909. The molecule has 0 spiro atoms. The van der Waals surface area contributed by atoms with Crippen molar-refractivity contribution < 1.29 is 14.6 Å². The first-order valence-electron chi connectivity index (χ1n) is 7.27. The van der Waals surface area contributed by atoms with E-state index in [0.29, 0.717) is 11.6 Å². The number of hydrogen-bond donors (Lipinski definition) is 2. The Bertz CT molecular complexity index is 671. The molecule has 0 aliphatic heterocycles. The number of benzene rings is 1. The number of aromatic nitrogens is 1. The third-order valence-electron chi connectivity index (χ3n) is 3.93. The van der Waals surface area contributed by atoms with Crippen molar-refractivity contribution in [1.29, 1.82) is 0 Å². The van der Waals surface area contributed by atoms with E-state index in [0.717, 1.165) is 29.8 Å². The number of methoxy groups -OCH3 is 1. The second-order valence-corrected chi connectivity index (χ2v) is 6.19. The van der Waals surface area contributed by atoms with Gasteiger partial charge in [0.1, 0.15) is 5.75 Å². The van der Waals surface area contributed by atoms with Crippen molar-refractivity contribution in [3.8, 4) is 17.0 Å². The summed E-state index contributed by atoms with van der Waals surface area (Å²) in [5, 5.41) is 15.0. The fourth-order valence-electron chi connectivity index (χ4n) is 2.76. The fraction of sp³-hybridized carbons (Fsp3) is 0.375. The minimum absolute atomic E-state index is 0.147. The number of carbonyl (C=O) groups is 1. The van der Waals surface area contributed by atoms with E-state index in [1.165, 1.54) is 11.3 Å². The molecule has 116 valence electrons. The van der Waals surface area contributed by atoms with Crippen LogP contribution < -0.4 is 10.1 Å². The third-order valence-corrected chi connectivity index (χ3v) is 4.69. The van der Waals surface area contributed by atoms with Crippen LogP contribution in [0.15, 0.2) is 29.6 Å². The van der Waals surface area contributed by atoms with Gasteiger partial charge in [0, 0.05) is 10.9 Å². The summed E-state index contributed by atoms with van der Waals surface area (Å²) in [4.78, 5) is 16.6. The molecule has 5 nitrogen and oxygen atoms in total. The van der Waals surface area contributed by atoms with Gasteiger partial charge in [0.05, 0.1) is 24.8 Å². The molecule has 3 rings (SSSR count). The molecule has 2 unspecified atom stereocenters. The van der Waals surface area contributed by atoms with E-state index < -0.39 is 6.10 Å². The molecule has 2 atom stereocenters. The van der Waals surface area contributed by atoms with Gasteiger partial charge in [-0.3, -0.25) is 4.79 Å². The number of rotatable bonds is 4. The molecule has 22 heavy (non-hydrogen) atoms. The number of amides is 1. The number of nitrogens with one attached hydrogen (secondary N) is 1. The normalized spacial score (nSPS) is 20.8. The highest BCUT2D eigenvalue weighted by molar-refractivity contribution is 7.14. The predicted molar refractivity (Wildman–Crippen MR) is 86.1 cm³/mol.